The molecule has 10 heteroatoms. The molecule has 0 saturated carbocycles. The molecule has 33 heavy (non-hydrogen) atoms. The Kier molecular flexibility index (Phi) is 8.40. The molecule has 2 rings (SSSR count). The molecule has 0 spiro atoms. The van der Waals surface area contributed by atoms with Crippen LogP contribution in [-0.2, 0) is 15.9 Å². The summed E-state index contributed by atoms with van der Waals surface area (Å²) in [6.07, 6.45) is -0.606. The molecule has 0 N–H and O–H groups in total. The van der Waals surface area contributed by atoms with Crippen molar-refractivity contribution in [3.8, 4) is 5.75 Å². The van der Waals surface area contributed by atoms with Crippen molar-refractivity contribution in [2.75, 3.05) is 11.5 Å². The first-order valence-electron chi connectivity index (χ1n) is 10.1. The van der Waals surface area contributed by atoms with Gasteiger partial charge in [-0.05, 0) is 87.3 Å². The summed E-state index contributed by atoms with van der Waals surface area (Å²) in [5.74, 6) is -1.27. The number of hydrogen-bond acceptors (Lipinski definition) is 6. The van der Waals surface area contributed by atoms with Crippen LogP contribution in [0.1, 0.15) is 47.1 Å². The quantitative estimate of drug-likeness (QED) is 0.445. The van der Waals surface area contributed by atoms with Gasteiger partial charge >= 0.3 is 12.2 Å². The molecule has 0 atom stereocenters. The maximum atomic E-state index is 13.9. The summed E-state index contributed by atoms with van der Waals surface area (Å²) in [4.78, 5) is 30.6. The topological polar surface area (TPSA) is 78.0 Å². The number of imide groups is 1. The third-order valence-electron chi connectivity index (χ3n) is 3.80. The molecule has 0 aliphatic carbocycles. The van der Waals surface area contributed by atoms with Gasteiger partial charge in [0.2, 0.25) is 0 Å². The summed E-state index contributed by atoms with van der Waals surface area (Å²) in [6, 6.07) is 4.62. The van der Waals surface area contributed by atoms with Crippen LogP contribution in [0.4, 0.5) is 24.2 Å². The van der Waals surface area contributed by atoms with E-state index in [-0.39, 0.29) is 30.2 Å². The number of anilines is 1. The van der Waals surface area contributed by atoms with E-state index in [1.807, 2.05) is 0 Å². The molecule has 180 valence electrons. The lowest BCUT2D eigenvalue weighted by Crippen LogP contribution is -2.44. The lowest BCUT2D eigenvalue weighted by molar-refractivity contribution is 0.0427. The van der Waals surface area contributed by atoms with Gasteiger partial charge < -0.3 is 14.2 Å². The van der Waals surface area contributed by atoms with Crippen molar-refractivity contribution in [1.82, 2.24) is 4.98 Å². The van der Waals surface area contributed by atoms with E-state index in [1.54, 1.807) is 41.5 Å². The summed E-state index contributed by atoms with van der Waals surface area (Å²) in [5.41, 5.74) is -1.68. The zero-order valence-electron chi connectivity index (χ0n) is 19.4. The maximum absolute atomic E-state index is 13.9. The summed E-state index contributed by atoms with van der Waals surface area (Å²) >= 11 is 3.27. The van der Waals surface area contributed by atoms with Crippen molar-refractivity contribution in [1.29, 1.82) is 0 Å². The van der Waals surface area contributed by atoms with E-state index in [0.29, 0.717) is 9.37 Å². The minimum Gasteiger partial charge on any atom is -0.489 e. The van der Waals surface area contributed by atoms with Crippen molar-refractivity contribution in [2.45, 2.75) is 59.2 Å². The summed E-state index contributed by atoms with van der Waals surface area (Å²) in [7, 11) is 0. The second-order valence-electron chi connectivity index (χ2n) is 9.11. The van der Waals surface area contributed by atoms with Gasteiger partial charge in [-0.2, -0.15) is 4.90 Å². The van der Waals surface area contributed by atoms with E-state index >= 15 is 0 Å². The highest BCUT2D eigenvalue weighted by Gasteiger charge is 2.35. The second kappa shape index (κ2) is 10.5. The Labute approximate surface area is 200 Å². The van der Waals surface area contributed by atoms with E-state index in [0.717, 1.165) is 18.2 Å². The lowest BCUT2D eigenvalue weighted by atomic mass is 10.1. The Hall–Kier alpha value is -2.75. The van der Waals surface area contributed by atoms with Crippen LogP contribution in [0.15, 0.2) is 34.9 Å². The van der Waals surface area contributed by atoms with Crippen molar-refractivity contribution >= 4 is 33.9 Å². The van der Waals surface area contributed by atoms with Gasteiger partial charge in [0.05, 0.1) is 6.61 Å². The van der Waals surface area contributed by atoms with Gasteiger partial charge in [0.1, 0.15) is 22.8 Å². The number of benzene rings is 1. The molecule has 0 bridgehead atoms. The Morgan fingerprint density at radius 3 is 2.12 bits per heavy atom. The van der Waals surface area contributed by atoms with E-state index in [1.165, 1.54) is 12.3 Å². The first-order chi connectivity index (χ1) is 15.2. The molecule has 2 aromatic rings. The van der Waals surface area contributed by atoms with Crippen molar-refractivity contribution < 1.29 is 32.6 Å². The zero-order chi connectivity index (χ0) is 25.0. The van der Waals surface area contributed by atoms with Gasteiger partial charge in [-0.15, -0.1) is 0 Å². The highest BCUT2D eigenvalue weighted by atomic mass is 79.9. The van der Waals surface area contributed by atoms with Gasteiger partial charge in [-0.25, -0.2) is 23.4 Å². The molecule has 0 fully saturated rings. The van der Waals surface area contributed by atoms with Crippen molar-refractivity contribution in [3.05, 3.63) is 52.1 Å². The van der Waals surface area contributed by atoms with Crippen LogP contribution in [0, 0.1) is 11.6 Å². The average molecular weight is 529 g/mol. The first-order valence-corrected chi connectivity index (χ1v) is 10.9. The highest BCUT2D eigenvalue weighted by molar-refractivity contribution is 9.10. The van der Waals surface area contributed by atoms with Gasteiger partial charge in [0.25, 0.3) is 0 Å². The molecule has 0 aliphatic heterocycles. The monoisotopic (exact) mass is 528 g/mol. The van der Waals surface area contributed by atoms with E-state index in [2.05, 4.69) is 20.9 Å². The Morgan fingerprint density at radius 2 is 1.58 bits per heavy atom. The number of carbonyl (C=O) groups is 2. The molecule has 1 heterocycles. The molecule has 0 unspecified atom stereocenters. The first kappa shape index (κ1) is 26.5. The Bertz CT molecular complexity index is 991. The number of carbonyl (C=O) groups excluding carboxylic acids is 2. The van der Waals surface area contributed by atoms with E-state index in [9.17, 15) is 18.4 Å². The number of aromatic nitrogens is 1. The number of nitrogens with zero attached hydrogens (tertiary/aromatic N) is 2. The number of hydrogen-bond donors (Lipinski definition) is 0. The zero-order valence-corrected chi connectivity index (χ0v) is 21.0. The number of halogens is 3. The molecule has 7 nitrogen and oxygen atoms in total. The van der Waals surface area contributed by atoms with Crippen molar-refractivity contribution in [2.24, 2.45) is 0 Å². The predicted octanol–water partition coefficient (Wildman–Crippen LogP) is 6.42. The second-order valence-corrected chi connectivity index (χ2v) is 10.0. The minimum absolute atomic E-state index is 0.0361. The van der Waals surface area contributed by atoms with Crippen LogP contribution in [0.25, 0.3) is 0 Å². The van der Waals surface area contributed by atoms with Crippen LogP contribution in [0.5, 0.6) is 5.75 Å². The van der Waals surface area contributed by atoms with Gasteiger partial charge in [-0.3, -0.25) is 0 Å². The number of amides is 2. The molecular formula is C23H27BrF2N2O5. The summed E-state index contributed by atoms with van der Waals surface area (Å²) in [6.45, 7) is 9.82. The number of rotatable bonds is 5. The van der Waals surface area contributed by atoms with Gasteiger partial charge in [0.15, 0.2) is 11.6 Å². The Balaban J connectivity index is 2.37. The number of pyridine rings is 1. The minimum atomic E-state index is -1.01. The van der Waals surface area contributed by atoms with Gasteiger partial charge in [-0.1, -0.05) is 0 Å². The standard InChI is InChI=1S/C23H27BrF2N2O5/c1-22(2,3)32-20(29)28(21(30)33-23(4,5)6)19-18(12-15(24)13-27-19)31-10-9-14-11-16(25)7-8-17(14)26/h7-8,11-13H,9-10H2,1-6H3. The molecule has 2 amide bonds. The fourth-order valence-corrected chi connectivity index (χ4v) is 2.87. The van der Waals surface area contributed by atoms with Crippen LogP contribution >= 0.6 is 15.9 Å². The molecule has 1 aromatic carbocycles. The normalized spacial score (nSPS) is 11.7. The van der Waals surface area contributed by atoms with E-state index < -0.39 is 35.0 Å². The molecular weight excluding hydrogens is 502 g/mol. The van der Waals surface area contributed by atoms with Crippen LogP contribution in [0.3, 0.4) is 0 Å². The largest absolute Gasteiger partial charge is 0.489 e. The summed E-state index contributed by atoms with van der Waals surface area (Å²) < 4.78 is 44.3. The molecule has 0 saturated heterocycles. The van der Waals surface area contributed by atoms with Gasteiger partial charge in [0, 0.05) is 17.1 Å². The fraction of sp³-hybridized carbons (Fsp3) is 0.435. The SMILES string of the molecule is CC(C)(C)OC(=O)N(C(=O)OC(C)(C)C)c1ncc(Br)cc1OCCc1cc(F)ccc1F. The highest BCUT2D eigenvalue weighted by Crippen LogP contribution is 2.31. The lowest BCUT2D eigenvalue weighted by Gasteiger charge is -2.28. The summed E-state index contributed by atoms with van der Waals surface area (Å²) in [5, 5.41) is 0. The van der Waals surface area contributed by atoms with Crippen LogP contribution in [0.2, 0.25) is 0 Å². The third-order valence-corrected chi connectivity index (χ3v) is 4.23. The van der Waals surface area contributed by atoms with Crippen molar-refractivity contribution in [3.63, 3.8) is 0 Å². The third kappa shape index (κ3) is 8.27. The average Bonchev–Trinajstić information content (AvgIpc) is 2.63. The fourth-order valence-electron chi connectivity index (χ4n) is 2.56. The number of ether oxygens (including phenoxy) is 3. The van der Waals surface area contributed by atoms with E-state index in [4.69, 9.17) is 14.2 Å². The molecule has 0 aliphatic rings. The Morgan fingerprint density at radius 1 is 1.00 bits per heavy atom. The maximum Gasteiger partial charge on any atom is 0.425 e. The van der Waals surface area contributed by atoms with Crippen LogP contribution in [-0.4, -0.2) is 35.0 Å². The van der Waals surface area contributed by atoms with Crippen LogP contribution < -0.4 is 9.64 Å². The molecule has 1 aromatic heterocycles. The predicted molar refractivity (Wildman–Crippen MR) is 122 cm³/mol. The molecule has 0 radical (unpaired) electrons. The smallest absolute Gasteiger partial charge is 0.425 e.